The fourth-order valence-electron chi connectivity index (χ4n) is 7.38. The maximum absolute atomic E-state index is 14.8. The van der Waals surface area contributed by atoms with Gasteiger partial charge in [0.25, 0.3) is 5.91 Å². The number of thioether (sulfide) groups is 1. The van der Waals surface area contributed by atoms with E-state index in [1.54, 1.807) is 38.6 Å². The Morgan fingerprint density at radius 3 is 2.37 bits per heavy atom. The van der Waals surface area contributed by atoms with E-state index in [1.165, 1.54) is 0 Å². The summed E-state index contributed by atoms with van der Waals surface area (Å²) >= 11 is 5.51. The standard InChI is InChI=1S/C34H40BrN3O4S/c1-5-16-36(21-24-14-8-7-9-15-24)31(40)26-27-32(41)38(18-11-19-39)30(34(27)20-25(35)29(26)43-34)33(42)37(17-6-2)28-22(3)12-10-13-23(28)4/h5-10,12-15,25-27,29-30,39H,1-2,11,16-21H2,3-4H3/t25?,26-,27-,29-,30?,34?/m0/s1. The van der Waals surface area contributed by atoms with Gasteiger partial charge in [0, 0.05) is 48.6 Å². The number of benzene rings is 2. The van der Waals surface area contributed by atoms with E-state index in [2.05, 4.69) is 29.1 Å². The van der Waals surface area contributed by atoms with Gasteiger partial charge in [-0.05, 0) is 43.4 Å². The van der Waals surface area contributed by atoms with Crippen molar-refractivity contribution in [3.05, 3.63) is 90.5 Å². The van der Waals surface area contributed by atoms with Crippen LogP contribution in [0.3, 0.4) is 0 Å². The van der Waals surface area contributed by atoms with Gasteiger partial charge in [0.05, 0.1) is 16.6 Å². The lowest BCUT2D eigenvalue weighted by molar-refractivity contribution is -0.144. The number of para-hydroxylation sites is 1. The second-order valence-corrected chi connectivity index (χ2v) is 14.5. The molecule has 228 valence electrons. The summed E-state index contributed by atoms with van der Waals surface area (Å²) < 4.78 is -0.772. The summed E-state index contributed by atoms with van der Waals surface area (Å²) in [6, 6.07) is 15.0. The van der Waals surface area contributed by atoms with E-state index in [-0.39, 0.29) is 41.0 Å². The molecule has 3 aliphatic heterocycles. The lowest BCUT2D eigenvalue weighted by Crippen LogP contribution is -2.56. The molecule has 3 amide bonds. The highest BCUT2D eigenvalue weighted by atomic mass is 79.9. The molecule has 2 aromatic rings. The van der Waals surface area contributed by atoms with E-state index in [1.807, 2.05) is 62.4 Å². The first-order valence-electron chi connectivity index (χ1n) is 14.9. The Kier molecular flexibility index (Phi) is 9.54. The van der Waals surface area contributed by atoms with Crippen LogP contribution in [0.15, 0.2) is 73.8 Å². The normalized spacial score (nSPS) is 27.2. The molecule has 9 heteroatoms. The second-order valence-electron chi connectivity index (χ2n) is 11.7. The summed E-state index contributed by atoms with van der Waals surface area (Å²) in [5.41, 5.74) is 3.75. The number of halogens is 1. The van der Waals surface area contributed by atoms with E-state index in [4.69, 9.17) is 0 Å². The molecule has 0 aromatic heterocycles. The fraction of sp³-hybridized carbons (Fsp3) is 0.441. The molecule has 3 saturated heterocycles. The highest BCUT2D eigenvalue weighted by Gasteiger charge is 2.76. The lowest BCUT2D eigenvalue weighted by atomic mass is 9.70. The molecule has 7 nitrogen and oxygen atoms in total. The predicted molar refractivity (Wildman–Crippen MR) is 176 cm³/mol. The number of amides is 3. The number of anilines is 1. The van der Waals surface area contributed by atoms with Gasteiger partial charge < -0.3 is 19.8 Å². The molecule has 3 unspecified atom stereocenters. The van der Waals surface area contributed by atoms with Gasteiger partial charge in [-0.1, -0.05) is 76.6 Å². The molecule has 1 N–H and O–H groups in total. The third-order valence-electron chi connectivity index (χ3n) is 9.03. The maximum Gasteiger partial charge on any atom is 0.251 e. The molecule has 3 heterocycles. The number of carbonyl (C=O) groups is 3. The zero-order valence-corrected chi connectivity index (χ0v) is 27.2. The molecular formula is C34H40BrN3O4S. The number of carbonyl (C=O) groups excluding carboxylic acids is 3. The summed E-state index contributed by atoms with van der Waals surface area (Å²) in [6.07, 6.45) is 4.38. The number of hydrogen-bond acceptors (Lipinski definition) is 5. The summed E-state index contributed by atoms with van der Waals surface area (Å²) in [7, 11) is 0. The number of aliphatic hydroxyl groups is 1. The number of aryl methyl sites for hydroxylation is 2. The van der Waals surface area contributed by atoms with Crippen LogP contribution in [-0.4, -0.2) is 79.7 Å². The molecule has 43 heavy (non-hydrogen) atoms. The first-order valence-corrected chi connectivity index (χ1v) is 16.6. The van der Waals surface area contributed by atoms with Gasteiger partial charge in [0.1, 0.15) is 6.04 Å². The molecular weight excluding hydrogens is 626 g/mol. The summed E-state index contributed by atoms with van der Waals surface area (Å²) in [4.78, 5) is 48.9. The topological polar surface area (TPSA) is 81.2 Å². The number of aliphatic hydroxyl groups excluding tert-OH is 1. The summed E-state index contributed by atoms with van der Waals surface area (Å²) in [6.45, 7) is 13.0. The van der Waals surface area contributed by atoms with Crippen LogP contribution in [0, 0.1) is 25.7 Å². The van der Waals surface area contributed by atoms with Crippen molar-refractivity contribution >= 4 is 51.1 Å². The van der Waals surface area contributed by atoms with E-state index in [0.717, 1.165) is 22.4 Å². The zero-order valence-electron chi connectivity index (χ0n) is 24.8. The Morgan fingerprint density at radius 2 is 1.74 bits per heavy atom. The van der Waals surface area contributed by atoms with Crippen LogP contribution in [0.25, 0.3) is 0 Å². The molecule has 0 radical (unpaired) electrons. The number of alkyl halides is 1. The van der Waals surface area contributed by atoms with Crippen molar-refractivity contribution in [2.75, 3.05) is 31.1 Å². The van der Waals surface area contributed by atoms with Crippen LogP contribution in [0.5, 0.6) is 0 Å². The monoisotopic (exact) mass is 665 g/mol. The van der Waals surface area contributed by atoms with Gasteiger partial charge in [0.2, 0.25) is 11.8 Å². The molecule has 3 aliphatic rings. The first kappa shape index (κ1) is 31.5. The molecule has 2 bridgehead atoms. The molecule has 6 atom stereocenters. The van der Waals surface area contributed by atoms with Gasteiger partial charge in [0.15, 0.2) is 0 Å². The van der Waals surface area contributed by atoms with Gasteiger partial charge in [-0.3, -0.25) is 14.4 Å². The second kappa shape index (κ2) is 13.0. The van der Waals surface area contributed by atoms with Crippen LogP contribution in [0.1, 0.15) is 29.5 Å². The average Bonchev–Trinajstić information content (AvgIpc) is 3.58. The quantitative estimate of drug-likeness (QED) is 0.258. The number of likely N-dealkylation sites (tertiary alicyclic amines) is 1. The average molecular weight is 667 g/mol. The van der Waals surface area contributed by atoms with Crippen LogP contribution in [0.2, 0.25) is 0 Å². The highest BCUT2D eigenvalue weighted by molar-refractivity contribution is 9.09. The number of fused-ring (bicyclic) bond motifs is 1. The van der Waals surface area contributed by atoms with Crippen LogP contribution < -0.4 is 4.90 Å². The van der Waals surface area contributed by atoms with E-state index in [9.17, 15) is 19.5 Å². The smallest absolute Gasteiger partial charge is 0.251 e. The summed E-state index contributed by atoms with van der Waals surface area (Å²) in [5, 5.41) is 9.59. The van der Waals surface area contributed by atoms with Crippen LogP contribution >= 0.6 is 27.7 Å². The van der Waals surface area contributed by atoms with Crippen LogP contribution in [-0.2, 0) is 20.9 Å². The third kappa shape index (κ3) is 5.49. The highest BCUT2D eigenvalue weighted by Crippen LogP contribution is 2.68. The third-order valence-corrected chi connectivity index (χ3v) is 12.2. The van der Waals surface area contributed by atoms with E-state index >= 15 is 0 Å². The molecule has 5 rings (SSSR count). The van der Waals surface area contributed by atoms with Gasteiger partial charge in [-0.2, -0.15) is 0 Å². The first-order chi connectivity index (χ1) is 20.7. The van der Waals surface area contributed by atoms with Crippen molar-refractivity contribution in [1.82, 2.24) is 9.80 Å². The van der Waals surface area contributed by atoms with Crippen molar-refractivity contribution < 1.29 is 19.5 Å². The Labute approximate surface area is 267 Å². The lowest BCUT2D eigenvalue weighted by Gasteiger charge is -2.39. The van der Waals surface area contributed by atoms with E-state index < -0.39 is 22.6 Å². The fourth-order valence-corrected chi connectivity index (χ4v) is 11.0. The molecule has 0 aliphatic carbocycles. The zero-order chi connectivity index (χ0) is 30.9. The summed E-state index contributed by atoms with van der Waals surface area (Å²) in [5.74, 6) is -1.64. The van der Waals surface area contributed by atoms with E-state index in [0.29, 0.717) is 32.5 Å². The number of rotatable bonds is 12. The van der Waals surface area contributed by atoms with Gasteiger partial charge in [-0.25, -0.2) is 0 Å². The Bertz CT molecular complexity index is 1380. The minimum Gasteiger partial charge on any atom is -0.396 e. The van der Waals surface area contributed by atoms with Crippen LogP contribution in [0.4, 0.5) is 5.69 Å². The maximum atomic E-state index is 14.8. The minimum absolute atomic E-state index is 0.0287. The molecule has 2 aromatic carbocycles. The molecule has 3 fully saturated rings. The van der Waals surface area contributed by atoms with Crippen molar-refractivity contribution in [3.63, 3.8) is 0 Å². The number of hydrogen-bond donors (Lipinski definition) is 1. The van der Waals surface area contributed by atoms with Crippen molar-refractivity contribution in [2.24, 2.45) is 11.8 Å². The predicted octanol–water partition coefficient (Wildman–Crippen LogP) is 4.88. The van der Waals surface area contributed by atoms with Gasteiger partial charge >= 0.3 is 0 Å². The molecule has 0 saturated carbocycles. The van der Waals surface area contributed by atoms with Gasteiger partial charge in [-0.15, -0.1) is 24.9 Å². The largest absolute Gasteiger partial charge is 0.396 e. The number of nitrogens with zero attached hydrogens (tertiary/aromatic N) is 3. The molecule has 1 spiro atoms. The van der Waals surface area contributed by atoms with Crippen molar-refractivity contribution in [3.8, 4) is 0 Å². The van der Waals surface area contributed by atoms with Crippen molar-refractivity contribution in [1.29, 1.82) is 0 Å². The SMILES string of the molecule is C=CCN(Cc1ccccc1)C(=O)[C@H]1[C@H]2C(=O)N(CCCO)C(C(=O)N(CC=C)c3c(C)cccc3C)C23CC(Br)[C@@H]1S3. The minimum atomic E-state index is -0.773. The Balaban J connectivity index is 1.57. The Hall–Kier alpha value is -2.88. The Morgan fingerprint density at radius 1 is 1.07 bits per heavy atom. The van der Waals surface area contributed by atoms with Crippen molar-refractivity contribution in [2.45, 2.75) is 54.1 Å².